The number of fused-ring (bicyclic) bond motifs is 1. The van der Waals surface area contributed by atoms with E-state index in [1.165, 1.54) is 11.8 Å². The average molecular weight is 347 g/mol. The number of carbonyl (C=O) groups is 1. The highest BCUT2D eigenvalue weighted by Gasteiger charge is 2.16. The van der Waals surface area contributed by atoms with Gasteiger partial charge in [-0.05, 0) is 30.5 Å². The maximum Gasteiger partial charge on any atom is 0.233 e. The fourth-order valence-corrected chi connectivity index (χ4v) is 3.59. The number of carbonyl (C=O) groups excluding carboxylic acids is 1. The number of imidazole rings is 1. The lowest BCUT2D eigenvalue weighted by molar-refractivity contribution is -0.120. The highest BCUT2D eigenvalue weighted by molar-refractivity contribution is 8.00. The number of aromatic amines is 1. The minimum absolute atomic E-state index is 0.00133. The first kappa shape index (κ1) is 15.9. The number of H-pyrrole nitrogens is 1. The molecule has 1 amide bonds. The lowest BCUT2D eigenvalue weighted by atomic mass is 10.3. The van der Waals surface area contributed by atoms with Crippen molar-refractivity contribution in [2.24, 2.45) is 0 Å². The van der Waals surface area contributed by atoms with E-state index in [-0.39, 0.29) is 11.2 Å². The molecule has 23 heavy (non-hydrogen) atoms. The number of benzene rings is 1. The Morgan fingerprint density at radius 2 is 2.35 bits per heavy atom. The number of hydrogen-bond donors (Lipinski definition) is 2. The molecule has 0 spiro atoms. The van der Waals surface area contributed by atoms with Crippen LogP contribution in [0, 0.1) is 0 Å². The van der Waals surface area contributed by atoms with Crippen molar-refractivity contribution in [1.82, 2.24) is 15.3 Å². The minimum atomic E-state index is -0.225. The van der Waals surface area contributed by atoms with Gasteiger partial charge in [-0.2, -0.15) is 0 Å². The molecule has 2 heterocycles. The summed E-state index contributed by atoms with van der Waals surface area (Å²) < 4.78 is 5.20. The van der Waals surface area contributed by atoms with Crippen LogP contribution in [0.2, 0.25) is 0 Å². The van der Waals surface area contributed by atoms with Crippen LogP contribution < -0.4 is 10.1 Å². The Balaban J connectivity index is 1.62. The standard InChI is InChI=1S/C16H17N3O2S2/c1-10(15(20)17-9-12-4-3-7-22-12)23-16-18-13-6-5-11(21-2)8-14(13)19-16/h3-8,10H,9H2,1-2H3,(H,17,20)(H,18,19)/t10-/m0/s1. The molecule has 3 aromatic rings. The van der Waals surface area contributed by atoms with Crippen molar-refractivity contribution in [1.29, 1.82) is 0 Å². The van der Waals surface area contributed by atoms with E-state index < -0.39 is 0 Å². The molecule has 2 N–H and O–H groups in total. The zero-order chi connectivity index (χ0) is 16.2. The molecule has 1 atom stereocenters. The average Bonchev–Trinajstić information content (AvgIpc) is 3.20. The van der Waals surface area contributed by atoms with Gasteiger partial charge in [0.25, 0.3) is 0 Å². The lowest BCUT2D eigenvalue weighted by Gasteiger charge is -2.09. The van der Waals surface area contributed by atoms with Crippen molar-refractivity contribution in [2.75, 3.05) is 7.11 Å². The molecule has 0 aliphatic carbocycles. The molecule has 0 unspecified atom stereocenters. The molecule has 0 bridgehead atoms. The van der Waals surface area contributed by atoms with Gasteiger partial charge in [-0.15, -0.1) is 11.3 Å². The molecule has 0 aliphatic heterocycles. The Labute approximate surface area is 142 Å². The number of methoxy groups -OCH3 is 1. The Hall–Kier alpha value is -1.99. The van der Waals surface area contributed by atoms with Crippen LogP contribution >= 0.6 is 23.1 Å². The SMILES string of the molecule is COc1ccc2nc(S[C@@H](C)C(=O)NCc3cccs3)[nH]c2c1. The molecular formula is C16H17N3O2S2. The second-order valence-electron chi connectivity index (χ2n) is 4.98. The topological polar surface area (TPSA) is 67.0 Å². The van der Waals surface area contributed by atoms with E-state index in [0.29, 0.717) is 6.54 Å². The molecule has 0 fully saturated rings. The molecule has 7 heteroatoms. The first-order valence-corrected chi connectivity index (χ1v) is 8.92. The number of thiophene rings is 1. The highest BCUT2D eigenvalue weighted by Crippen LogP contribution is 2.25. The van der Waals surface area contributed by atoms with Gasteiger partial charge in [0.15, 0.2) is 5.16 Å². The number of rotatable bonds is 6. The van der Waals surface area contributed by atoms with Crippen molar-refractivity contribution in [3.8, 4) is 5.75 Å². The fourth-order valence-electron chi connectivity index (χ4n) is 2.10. The third kappa shape index (κ3) is 3.86. The molecule has 0 saturated heterocycles. The van der Waals surface area contributed by atoms with Crippen LogP contribution in [-0.4, -0.2) is 28.2 Å². The predicted octanol–water partition coefficient (Wildman–Crippen LogP) is 3.43. The van der Waals surface area contributed by atoms with Gasteiger partial charge < -0.3 is 15.0 Å². The number of thioether (sulfide) groups is 1. The first-order valence-electron chi connectivity index (χ1n) is 7.16. The number of ether oxygens (including phenoxy) is 1. The van der Waals surface area contributed by atoms with E-state index in [9.17, 15) is 4.79 Å². The molecule has 1 aromatic carbocycles. The van der Waals surface area contributed by atoms with Crippen molar-refractivity contribution in [2.45, 2.75) is 23.9 Å². The van der Waals surface area contributed by atoms with Crippen molar-refractivity contribution >= 4 is 40.0 Å². The Kier molecular flexibility index (Phi) is 4.88. The number of aromatic nitrogens is 2. The van der Waals surface area contributed by atoms with Gasteiger partial charge in [-0.25, -0.2) is 4.98 Å². The number of amides is 1. The van der Waals surface area contributed by atoms with Crippen LogP contribution in [0.5, 0.6) is 5.75 Å². The van der Waals surface area contributed by atoms with Crippen molar-refractivity contribution < 1.29 is 9.53 Å². The van der Waals surface area contributed by atoms with E-state index in [2.05, 4.69) is 15.3 Å². The summed E-state index contributed by atoms with van der Waals surface area (Å²) in [6.45, 7) is 2.45. The third-order valence-electron chi connectivity index (χ3n) is 3.34. The second-order valence-corrected chi connectivity index (χ2v) is 7.34. The first-order chi connectivity index (χ1) is 11.2. The summed E-state index contributed by atoms with van der Waals surface area (Å²) in [5, 5.41) is 5.45. The zero-order valence-corrected chi connectivity index (χ0v) is 14.5. The lowest BCUT2D eigenvalue weighted by Crippen LogP contribution is -2.30. The van der Waals surface area contributed by atoms with Gasteiger partial charge >= 0.3 is 0 Å². The molecular weight excluding hydrogens is 330 g/mol. The molecule has 120 valence electrons. The van der Waals surface area contributed by atoms with Crippen LogP contribution in [0.4, 0.5) is 0 Å². The maximum atomic E-state index is 12.2. The summed E-state index contributed by atoms with van der Waals surface area (Å²) in [6, 6.07) is 9.65. The summed E-state index contributed by atoms with van der Waals surface area (Å²) in [5.74, 6) is 0.779. The van der Waals surface area contributed by atoms with Crippen LogP contribution in [0.25, 0.3) is 11.0 Å². The fraction of sp³-hybridized carbons (Fsp3) is 0.250. The van der Waals surface area contributed by atoms with Gasteiger partial charge in [0, 0.05) is 10.9 Å². The van der Waals surface area contributed by atoms with Crippen LogP contribution in [0.3, 0.4) is 0 Å². The summed E-state index contributed by atoms with van der Waals surface area (Å²) in [7, 11) is 1.63. The van der Waals surface area contributed by atoms with E-state index >= 15 is 0 Å². The zero-order valence-electron chi connectivity index (χ0n) is 12.8. The van der Waals surface area contributed by atoms with Crippen molar-refractivity contribution in [3.05, 3.63) is 40.6 Å². The molecule has 2 aromatic heterocycles. The Morgan fingerprint density at radius 3 is 3.09 bits per heavy atom. The van der Waals surface area contributed by atoms with Gasteiger partial charge in [0.05, 0.1) is 29.9 Å². The summed E-state index contributed by atoms with van der Waals surface area (Å²) in [4.78, 5) is 21.0. The van der Waals surface area contributed by atoms with E-state index in [1.807, 2.05) is 42.6 Å². The van der Waals surface area contributed by atoms with E-state index in [0.717, 1.165) is 26.8 Å². The number of nitrogens with one attached hydrogen (secondary N) is 2. The molecule has 5 nitrogen and oxygen atoms in total. The Morgan fingerprint density at radius 1 is 1.48 bits per heavy atom. The third-order valence-corrected chi connectivity index (χ3v) is 5.20. The van der Waals surface area contributed by atoms with Gasteiger partial charge in [0.2, 0.25) is 5.91 Å². The summed E-state index contributed by atoms with van der Waals surface area (Å²) >= 11 is 3.05. The quantitative estimate of drug-likeness (QED) is 0.671. The normalized spacial score (nSPS) is 12.3. The number of hydrogen-bond acceptors (Lipinski definition) is 5. The largest absolute Gasteiger partial charge is 0.497 e. The molecule has 0 radical (unpaired) electrons. The van der Waals surface area contributed by atoms with E-state index in [1.54, 1.807) is 18.4 Å². The van der Waals surface area contributed by atoms with Crippen LogP contribution in [0.15, 0.2) is 40.9 Å². The maximum absolute atomic E-state index is 12.2. The molecule has 3 rings (SSSR count). The van der Waals surface area contributed by atoms with Gasteiger partial charge in [-0.3, -0.25) is 4.79 Å². The van der Waals surface area contributed by atoms with Crippen LogP contribution in [0.1, 0.15) is 11.8 Å². The van der Waals surface area contributed by atoms with Crippen molar-refractivity contribution in [3.63, 3.8) is 0 Å². The van der Waals surface area contributed by atoms with Gasteiger partial charge in [0.1, 0.15) is 5.75 Å². The number of nitrogens with zero attached hydrogens (tertiary/aromatic N) is 1. The summed E-state index contributed by atoms with van der Waals surface area (Å²) in [5.41, 5.74) is 1.76. The second kappa shape index (κ2) is 7.06. The smallest absolute Gasteiger partial charge is 0.233 e. The monoisotopic (exact) mass is 347 g/mol. The molecule has 0 aliphatic rings. The molecule has 0 saturated carbocycles. The highest BCUT2D eigenvalue weighted by atomic mass is 32.2. The van der Waals surface area contributed by atoms with Crippen LogP contribution in [-0.2, 0) is 11.3 Å². The van der Waals surface area contributed by atoms with Gasteiger partial charge in [-0.1, -0.05) is 17.8 Å². The minimum Gasteiger partial charge on any atom is -0.497 e. The predicted molar refractivity (Wildman–Crippen MR) is 94.1 cm³/mol. The summed E-state index contributed by atoms with van der Waals surface area (Å²) in [6.07, 6.45) is 0. The van der Waals surface area contributed by atoms with E-state index in [4.69, 9.17) is 4.74 Å². The Bertz CT molecular complexity index is 799.